The van der Waals surface area contributed by atoms with Crippen molar-refractivity contribution < 1.29 is 14.6 Å². The first-order chi connectivity index (χ1) is 10.0. The van der Waals surface area contributed by atoms with Crippen LogP contribution in [0.1, 0.15) is 39.2 Å². The zero-order valence-corrected chi connectivity index (χ0v) is 13.8. The molecule has 1 aromatic rings. The normalized spacial score (nSPS) is 15.5. The van der Waals surface area contributed by atoms with Crippen LogP contribution in [-0.4, -0.2) is 25.4 Å². The molecule has 0 saturated heterocycles. The van der Waals surface area contributed by atoms with Gasteiger partial charge in [-0.15, -0.1) is 0 Å². The standard InChI is InChI=1S/C18H30O3/c1-14(9-15(2)11-19)10-16(3)12-21-13-17-5-7-18(20-4)8-6-17/h5-8,14-16,19H,9-13H2,1-4H3/t14-,15+,16?/m0/s1. The smallest absolute Gasteiger partial charge is 0.118 e. The molecule has 1 rings (SSSR count). The van der Waals surface area contributed by atoms with E-state index in [9.17, 15) is 0 Å². The zero-order chi connectivity index (χ0) is 15.7. The van der Waals surface area contributed by atoms with Crippen LogP contribution in [0, 0.1) is 17.8 Å². The minimum Gasteiger partial charge on any atom is -0.497 e. The van der Waals surface area contributed by atoms with E-state index < -0.39 is 0 Å². The van der Waals surface area contributed by atoms with Crippen molar-refractivity contribution in [2.24, 2.45) is 17.8 Å². The molecule has 0 saturated carbocycles. The largest absolute Gasteiger partial charge is 0.497 e. The van der Waals surface area contributed by atoms with E-state index in [0.717, 1.165) is 25.2 Å². The Hall–Kier alpha value is -1.06. The first kappa shape index (κ1) is 18.0. The van der Waals surface area contributed by atoms with Crippen molar-refractivity contribution in [2.45, 2.75) is 40.2 Å². The Labute approximate surface area is 129 Å². The van der Waals surface area contributed by atoms with Gasteiger partial charge in [0, 0.05) is 13.2 Å². The summed E-state index contributed by atoms with van der Waals surface area (Å²) in [7, 11) is 1.67. The van der Waals surface area contributed by atoms with Gasteiger partial charge in [0.2, 0.25) is 0 Å². The van der Waals surface area contributed by atoms with E-state index in [2.05, 4.69) is 20.8 Å². The van der Waals surface area contributed by atoms with Gasteiger partial charge in [0.1, 0.15) is 5.75 Å². The summed E-state index contributed by atoms with van der Waals surface area (Å²) in [5, 5.41) is 9.09. The topological polar surface area (TPSA) is 38.7 Å². The van der Waals surface area contributed by atoms with E-state index in [1.807, 2.05) is 24.3 Å². The molecule has 0 amide bonds. The van der Waals surface area contributed by atoms with Crippen LogP contribution in [0.2, 0.25) is 0 Å². The maximum atomic E-state index is 9.09. The van der Waals surface area contributed by atoms with Gasteiger partial charge in [0.25, 0.3) is 0 Å². The SMILES string of the molecule is COc1ccc(COCC(C)C[C@@H](C)C[C@@H](C)CO)cc1. The quantitative estimate of drug-likeness (QED) is 0.711. The molecule has 0 fully saturated rings. The van der Waals surface area contributed by atoms with Gasteiger partial charge in [-0.3, -0.25) is 0 Å². The lowest BCUT2D eigenvalue weighted by Gasteiger charge is -2.19. The van der Waals surface area contributed by atoms with E-state index in [-0.39, 0.29) is 6.61 Å². The summed E-state index contributed by atoms with van der Waals surface area (Å²) >= 11 is 0. The van der Waals surface area contributed by atoms with Gasteiger partial charge in [-0.2, -0.15) is 0 Å². The van der Waals surface area contributed by atoms with Gasteiger partial charge in [-0.05, 0) is 48.3 Å². The molecule has 0 aliphatic heterocycles. The van der Waals surface area contributed by atoms with E-state index in [0.29, 0.717) is 24.4 Å². The molecule has 3 nitrogen and oxygen atoms in total. The van der Waals surface area contributed by atoms with Crippen molar-refractivity contribution in [1.82, 2.24) is 0 Å². The minimum atomic E-state index is 0.284. The first-order valence-electron chi connectivity index (χ1n) is 7.86. The Kier molecular flexibility index (Phi) is 8.40. The summed E-state index contributed by atoms with van der Waals surface area (Å²) in [4.78, 5) is 0. The maximum absolute atomic E-state index is 9.09. The van der Waals surface area contributed by atoms with Crippen LogP contribution in [0.5, 0.6) is 5.75 Å². The number of benzene rings is 1. The molecule has 120 valence electrons. The third-order valence-electron chi connectivity index (χ3n) is 3.75. The van der Waals surface area contributed by atoms with Crippen molar-refractivity contribution in [1.29, 1.82) is 0 Å². The van der Waals surface area contributed by atoms with Gasteiger partial charge in [0.15, 0.2) is 0 Å². The lowest BCUT2D eigenvalue weighted by molar-refractivity contribution is 0.0825. The Morgan fingerprint density at radius 3 is 2.14 bits per heavy atom. The predicted octanol–water partition coefficient (Wildman–Crippen LogP) is 3.89. The van der Waals surface area contributed by atoms with Crippen LogP contribution in [-0.2, 0) is 11.3 Å². The van der Waals surface area contributed by atoms with Gasteiger partial charge in [0.05, 0.1) is 13.7 Å². The molecule has 1 N–H and O–H groups in total. The molecular weight excluding hydrogens is 264 g/mol. The molecule has 3 heteroatoms. The van der Waals surface area contributed by atoms with Crippen molar-refractivity contribution in [2.75, 3.05) is 20.3 Å². The summed E-state index contributed by atoms with van der Waals surface area (Å²) in [6.07, 6.45) is 2.23. The molecule has 21 heavy (non-hydrogen) atoms. The highest BCUT2D eigenvalue weighted by Crippen LogP contribution is 2.20. The second-order valence-corrected chi connectivity index (χ2v) is 6.33. The number of aliphatic hydroxyl groups is 1. The van der Waals surface area contributed by atoms with E-state index in [1.54, 1.807) is 7.11 Å². The van der Waals surface area contributed by atoms with Crippen LogP contribution in [0.3, 0.4) is 0 Å². The fourth-order valence-corrected chi connectivity index (χ4v) is 2.71. The second kappa shape index (κ2) is 9.80. The summed E-state index contributed by atoms with van der Waals surface area (Å²) in [5.74, 6) is 2.45. The lowest BCUT2D eigenvalue weighted by Crippen LogP contribution is -2.13. The highest BCUT2D eigenvalue weighted by molar-refractivity contribution is 5.26. The molecule has 1 aromatic carbocycles. The number of aliphatic hydroxyl groups excluding tert-OH is 1. The molecule has 0 aliphatic rings. The Morgan fingerprint density at radius 1 is 0.952 bits per heavy atom. The van der Waals surface area contributed by atoms with Crippen LogP contribution in [0.4, 0.5) is 0 Å². The molecule has 0 aliphatic carbocycles. The summed E-state index contributed by atoms with van der Waals surface area (Å²) < 4.78 is 10.9. The van der Waals surface area contributed by atoms with Crippen molar-refractivity contribution >= 4 is 0 Å². The van der Waals surface area contributed by atoms with Crippen LogP contribution in [0.25, 0.3) is 0 Å². The third kappa shape index (κ3) is 7.49. The molecule has 0 bridgehead atoms. The van der Waals surface area contributed by atoms with Gasteiger partial charge >= 0.3 is 0 Å². The van der Waals surface area contributed by atoms with Crippen molar-refractivity contribution in [3.05, 3.63) is 29.8 Å². The van der Waals surface area contributed by atoms with Crippen LogP contribution >= 0.6 is 0 Å². The summed E-state index contributed by atoms with van der Waals surface area (Å²) in [6, 6.07) is 7.99. The number of hydrogen-bond acceptors (Lipinski definition) is 3. The first-order valence-corrected chi connectivity index (χ1v) is 7.86. The zero-order valence-electron chi connectivity index (χ0n) is 13.8. The molecule has 3 atom stereocenters. The molecule has 0 radical (unpaired) electrons. The molecule has 0 spiro atoms. The fourth-order valence-electron chi connectivity index (χ4n) is 2.71. The lowest BCUT2D eigenvalue weighted by atomic mass is 9.90. The van der Waals surface area contributed by atoms with Crippen LogP contribution in [0.15, 0.2) is 24.3 Å². The number of methoxy groups -OCH3 is 1. The molecule has 0 heterocycles. The molecule has 1 unspecified atom stereocenters. The minimum absolute atomic E-state index is 0.284. The van der Waals surface area contributed by atoms with Gasteiger partial charge in [-0.25, -0.2) is 0 Å². The average molecular weight is 294 g/mol. The van der Waals surface area contributed by atoms with Gasteiger partial charge < -0.3 is 14.6 Å². The Bertz CT molecular complexity index is 375. The fraction of sp³-hybridized carbons (Fsp3) is 0.667. The van der Waals surface area contributed by atoms with Crippen molar-refractivity contribution in [3.8, 4) is 5.75 Å². The maximum Gasteiger partial charge on any atom is 0.118 e. The second-order valence-electron chi connectivity index (χ2n) is 6.33. The Morgan fingerprint density at radius 2 is 1.57 bits per heavy atom. The number of rotatable bonds is 10. The highest BCUT2D eigenvalue weighted by Gasteiger charge is 2.12. The van der Waals surface area contributed by atoms with E-state index in [4.69, 9.17) is 14.6 Å². The van der Waals surface area contributed by atoms with Crippen molar-refractivity contribution in [3.63, 3.8) is 0 Å². The monoisotopic (exact) mass is 294 g/mol. The van der Waals surface area contributed by atoms with Crippen LogP contribution < -0.4 is 4.74 Å². The Balaban J connectivity index is 2.21. The molecule has 0 aromatic heterocycles. The van der Waals surface area contributed by atoms with E-state index >= 15 is 0 Å². The molecular formula is C18H30O3. The summed E-state index contributed by atoms with van der Waals surface area (Å²) in [5.41, 5.74) is 1.17. The predicted molar refractivity (Wildman–Crippen MR) is 86.5 cm³/mol. The third-order valence-corrected chi connectivity index (χ3v) is 3.75. The number of hydrogen-bond donors (Lipinski definition) is 1. The average Bonchev–Trinajstić information content (AvgIpc) is 2.47. The van der Waals surface area contributed by atoms with E-state index in [1.165, 1.54) is 5.56 Å². The highest BCUT2D eigenvalue weighted by atomic mass is 16.5. The summed E-state index contributed by atoms with van der Waals surface area (Å²) in [6.45, 7) is 8.30. The number of ether oxygens (including phenoxy) is 2. The van der Waals surface area contributed by atoms with Gasteiger partial charge in [-0.1, -0.05) is 32.9 Å².